The zero-order valence-corrected chi connectivity index (χ0v) is 12.2. The summed E-state index contributed by atoms with van der Waals surface area (Å²) in [7, 11) is 0. The Morgan fingerprint density at radius 1 is 1.05 bits per heavy atom. The minimum atomic E-state index is 0.698. The number of anilines is 1. The second kappa shape index (κ2) is 5.86. The van der Waals surface area contributed by atoms with Gasteiger partial charge >= 0.3 is 0 Å². The van der Waals surface area contributed by atoms with Crippen molar-refractivity contribution in [3.05, 3.63) is 64.7 Å². The van der Waals surface area contributed by atoms with E-state index in [4.69, 9.17) is 17.3 Å². The van der Waals surface area contributed by atoms with Crippen molar-refractivity contribution in [2.24, 2.45) is 0 Å². The zero-order chi connectivity index (χ0) is 13.9. The van der Waals surface area contributed by atoms with Crippen LogP contribution in [-0.2, 0) is 13.1 Å². The Morgan fingerprint density at radius 2 is 1.80 bits per heavy atom. The minimum absolute atomic E-state index is 0.698. The summed E-state index contributed by atoms with van der Waals surface area (Å²) in [6.07, 6.45) is 2.58. The van der Waals surface area contributed by atoms with Crippen LogP contribution < -0.4 is 5.73 Å². The third-order valence-corrected chi connectivity index (χ3v) is 4.09. The first-order valence-corrected chi connectivity index (χ1v) is 7.42. The number of rotatable bonds is 5. The predicted molar refractivity (Wildman–Crippen MR) is 84.6 cm³/mol. The second-order valence-electron chi connectivity index (χ2n) is 5.47. The molecule has 0 spiro atoms. The van der Waals surface area contributed by atoms with E-state index in [1.54, 1.807) is 0 Å². The summed E-state index contributed by atoms with van der Waals surface area (Å²) >= 11 is 6.30. The number of hydrogen-bond donors (Lipinski definition) is 1. The summed E-state index contributed by atoms with van der Waals surface area (Å²) in [4.78, 5) is 2.51. The van der Waals surface area contributed by atoms with Gasteiger partial charge in [-0.15, -0.1) is 0 Å². The first kappa shape index (κ1) is 13.5. The van der Waals surface area contributed by atoms with Crippen LogP contribution in [0.25, 0.3) is 0 Å². The maximum atomic E-state index is 6.30. The lowest BCUT2D eigenvalue weighted by Gasteiger charge is -2.23. The number of nitrogen functional groups attached to an aromatic ring is 1. The SMILES string of the molecule is Nc1ccc(CN(Cc2ccccc2)C2CC2)c(Cl)c1. The molecule has 0 aromatic heterocycles. The number of halogens is 1. The van der Waals surface area contributed by atoms with E-state index in [1.807, 2.05) is 18.2 Å². The van der Waals surface area contributed by atoms with Gasteiger partial charge in [-0.1, -0.05) is 48.0 Å². The van der Waals surface area contributed by atoms with Gasteiger partial charge in [0.1, 0.15) is 0 Å². The Balaban J connectivity index is 1.74. The first-order chi connectivity index (χ1) is 9.72. The fourth-order valence-electron chi connectivity index (χ4n) is 2.48. The lowest BCUT2D eigenvalue weighted by atomic mass is 10.1. The van der Waals surface area contributed by atoms with E-state index in [0.717, 1.165) is 29.4 Å². The molecule has 2 nitrogen and oxygen atoms in total. The molecule has 0 unspecified atom stereocenters. The Kier molecular flexibility index (Phi) is 3.95. The van der Waals surface area contributed by atoms with E-state index in [1.165, 1.54) is 18.4 Å². The Labute approximate surface area is 125 Å². The minimum Gasteiger partial charge on any atom is -0.399 e. The molecule has 20 heavy (non-hydrogen) atoms. The lowest BCUT2D eigenvalue weighted by Crippen LogP contribution is -2.25. The molecule has 0 radical (unpaired) electrons. The quantitative estimate of drug-likeness (QED) is 0.839. The van der Waals surface area contributed by atoms with E-state index in [9.17, 15) is 0 Å². The van der Waals surface area contributed by atoms with E-state index >= 15 is 0 Å². The molecular weight excluding hydrogens is 268 g/mol. The van der Waals surface area contributed by atoms with E-state index in [2.05, 4.69) is 35.2 Å². The van der Waals surface area contributed by atoms with Crippen LogP contribution in [0.2, 0.25) is 5.02 Å². The van der Waals surface area contributed by atoms with Gasteiger partial charge in [0.2, 0.25) is 0 Å². The molecule has 0 heterocycles. The van der Waals surface area contributed by atoms with Crippen LogP contribution in [0.3, 0.4) is 0 Å². The normalized spacial score (nSPS) is 14.7. The van der Waals surface area contributed by atoms with Crippen molar-refractivity contribution in [2.75, 3.05) is 5.73 Å². The maximum Gasteiger partial charge on any atom is 0.0471 e. The third kappa shape index (κ3) is 3.33. The van der Waals surface area contributed by atoms with E-state index < -0.39 is 0 Å². The van der Waals surface area contributed by atoms with Crippen LogP contribution in [0.5, 0.6) is 0 Å². The van der Waals surface area contributed by atoms with Crippen molar-refractivity contribution in [3.8, 4) is 0 Å². The lowest BCUT2D eigenvalue weighted by molar-refractivity contribution is 0.246. The Morgan fingerprint density at radius 3 is 2.45 bits per heavy atom. The molecule has 1 fully saturated rings. The van der Waals surface area contributed by atoms with Gasteiger partial charge in [0.25, 0.3) is 0 Å². The van der Waals surface area contributed by atoms with Crippen molar-refractivity contribution < 1.29 is 0 Å². The van der Waals surface area contributed by atoms with Gasteiger partial charge in [-0.25, -0.2) is 0 Å². The summed E-state index contributed by atoms with van der Waals surface area (Å²) in [5.41, 5.74) is 8.99. The van der Waals surface area contributed by atoms with Gasteiger partial charge in [-0.3, -0.25) is 4.90 Å². The van der Waals surface area contributed by atoms with Crippen LogP contribution in [-0.4, -0.2) is 10.9 Å². The van der Waals surface area contributed by atoms with Gasteiger partial charge in [-0.2, -0.15) is 0 Å². The molecular formula is C17H19ClN2. The summed E-state index contributed by atoms with van der Waals surface area (Å²) in [5.74, 6) is 0. The largest absolute Gasteiger partial charge is 0.399 e. The molecule has 1 saturated carbocycles. The number of nitrogens with two attached hydrogens (primary N) is 1. The topological polar surface area (TPSA) is 29.3 Å². The third-order valence-electron chi connectivity index (χ3n) is 3.74. The highest BCUT2D eigenvalue weighted by atomic mass is 35.5. The summed E-state index contributed by atoms with van der Waals surface area (Å²) in [6, 6.07) is 17.1. The molecule has 2 N–H and O–H groups in total. The van der Waals surface area contributed by atoms with Crippen LogP contribution in [0.15, 0.2) is 48.5 Å². The van der Waals surface area contributed by atoms with Gasteiger partial charge < -0.3 is 5.73 Å². The summed E-state index contributed by atoms with van der Waals surface area (Å²) < 4.78 is 0. The molecule has 2 aromatic rings. The summed E-state index contributed by atoms with van der Waals surface area (Å²) in [5, 5.41) is 0.767. The van der Waals surface area contributed by atoms with Gasteiger partial charge in [-0.05, 0) is 36.1 Å². The smallest absolute Gasteiger partial charge is 0.0471 e. The molecule has 1 aliphatic carbocycles. The Hall–Kier alpha value is -1.51. The summed E-state index contributed by atoms with van der Waals surface area (Å²) in [6.45, 7) is 1.87. The highest BCUT2D eigenvalue weighted by molar-refractivity contribution is 6.31. The highest BCUT2D eigenvalue weighted by Gasteiger charge is 2.29. The van der Waals surface area contributed by atoms with Crippen molar-refractivity contribution in [1.82, 2.24) is 4.90 Å². The average Bonchev–Trinajstić information content (AvgIpc) is 3.26. The molecule has 0 atom stereocenters. The zero-order valence-electron chi connectivity index (χ0n) is 11.4. The molecule has 0 aliphatic heterocycles. The van der Waals surface area contributed by atoms with Crippen LogP contribution in [0, 0.1) is 0 Å². The molecule has 3 rings (SSSR count). The van der Waals surface area contributed by atoms with Crippen molar-refractivity contribution in [2.45, 2.75) is 32.0 Å². The van der Waals surface area contributed by atoms with E-state index in [-0.39, 0.29) is 0 Å². The molecule has 0 bridgehead atoms. The maximum absolute atomic E-state index is 6.30. The molecule has 1 aliphatic rings. The number of hydrogen-bond acceptors (Lipinski definition) is 2. The Bertz CT molecular complexity index is 579. The monoisotopic (exact) mass is 286 g/mol. The second-order valence-corrected chi connectivity index (χ2v) is 5.88. The van der Waals surface area contributed by atoms with Gasteiger partial charge in [0.05, 0.1) is 0 Å². The van der Waals surface area contributed by atoms with Gasteiger partial charge in [0.15, 0.2) is 0 Å². The highest BCUT2D eigenvalue weighted by Crippen LogP contribution is 2.31. The number of nitrogens with zero attached hydrogens (tertiary/aromatic N) is 1. The average molecular weight is 287 g/mol. The number of benzene rings is 2. The standard InChI is InChI=1S/C17H19ClN2/c18-17-10-15(19)7-6-14(17)12-20(16-8-9-16)11-13-4-2-1-3-5-13/h1-7,10,16H,8-9,11-12,19H2. The fourth-order valence-corrected chi connectivity index (χ4v) is 2.73. The molecule has 3 heteroatoms. The fraction of sp³-hybridized carbons (Fsp3) is 0.294. The first-order valence-electron chi connectivity index (χ1n) is 7.04. The molecule has 2 aromatic carbocycles. The van der Waals surface area contributed by atoms with Crippen molar-refractivity contribution in [3.63, 3.8) is 0 Å². The van der Waals surface area contributed by atoms with Crippen LogP contribution in [0.4, 0.5) is 5.69 Å². The van der Waals surface area contributed by atoms with E-state index in [0.29, 0.717) is 6.04 Å². The van der Waals surface area contributed by atoms with Crippen LogP contribution >= 0.6 is 11.6 Å². The molecule has 0 saturated heterocycles. The van der Waals surface area contributed by atoms with Crippen molar-refractivity contribution >= 4 is 17.3 Å². The predicted octanol–water partition coefficient (Wildman–Crippen LogP) is 4.09. The molecule has 0 amide bonds. The van der Waals surface area contributed by atoms with Crippen LogP contribution in [0.1, 0.15) is 24.0 Å². The molecule has 104 valence electrons. The van der Waals surface area contributed by atoms with Gasteiger partial charge in [0, 0.05) is 29.8 Å². The van der Waals surface area contributed by atoms with Crippen molar-refractivity contribution in [1.29, 1.82) is 0 Å².